The molecule has 1 aromatic rings. The first-order valence-electron chi connectivity index (χ1n) is 5.71. The Bertz CT molecular complexity index is 519. The van der Waals surface area contributed by atoms with Gasteiger partial charge in [-0.1, -0.05) is 0 Å². The van der Waals surface area contributed by atoms with Gasteiger partial charge in [-0.25, -0.2) is 8.42 Å². The lowest BCUT2D eigenvalue weighted by atomic mass is 10.2. The van der Waals surface area contributed by atoms with Crippen LogP contribution in [0, 0.1) is 0 Å². The van der Waals surface area contributed by atoms with Crippen molar-refractivity contribution in [3.63, 3.8) is 0 Å². The summed E-state index contributed by atoms with van der Waals surface area (Å²) in [6, 6.07) is 3.71. The summed E-state index contributed by atoms with van der Waals surface area (Å²) < 4.78 is 23.7. The third-order valence-corrected chi connectivity index (χ3v) is 5.59. The van der Waals surface area contributed by atoms with Gasteiger partial charge in [0.25, 0.3) is 0 Å². The number of aromatic nitrogens is 1. The van der Waals surface area contributed by atoms with Crippen LogP contribution in [0.3, 0.4) is 0 Å². The maximum absolute atomic E-state index is 11.9. The van der Waals surface area contributed by atoms with Crippen molar-refractivity contribution in [2.24, 2.45) is 5.73 Å². The van der Waals surface area contributed by atoms with E-state index in [4.69, 9.17) is 5.73 Å². The Morgan fingerprint density at radius 1 is 1.61 bits per heavy atom. The van der Waals surface area contributed by atoms with Gasteiger partial charge in [-0.3, -0.25) is 4.98 Å². The van der Waals surface area contributed by atoms with Crippen LogP contribution < -0.4 is 10.6 Å². The van der Waals surface area contributed by atoms with E-state index in [1.165, 1.54) is 6.26 Å². The molecule has 0 bridgehead atoms. The van der Waals surface area contributed by atoms with Crippen LogP contribution in [-0.2, 0) is 16.4 Å². The summed E-state index contributed by atoms with van der Waals surface area (Å²) in [6.45, 7) is 1.03. The Morgan fingerprint density at radius 2 is 2.39 bits per heavy atom. The molecule has 1 unspecified atom stereocenters. The largest absolute Gasteiger partial charge is 0.352 e. The maximum Gasteiger partial charge on any atom is 0.169 e. The van der Waals surface area contributed by atoms with Crippen LogP contribution in [0.4, 0.5) is 5.69 Å². The Hall–Kier alpha value is -0.790. The molecular weight excluding hydrogens is 270 g/mol. The van der Waals surface area contributed by atoms with E-state index in [1.807, 2.05) is 17.0 Å². The third-order valence-electron chi connectivity index (χ3n) is 2.95. The van der Waals surface area contributed by atoms with Crippen LogP contribution >= 0.6 is 11.8 Å². The summed E-state index contributed by atoms with van der Waals surface area (Å²) >= 11 is 1.67. The molecule has 1 atom stereocenters. The van der Waals surface area contributed by atoms with E-state index in [2.05, 4.69) is 4.98 Å². The zero-order valence-corrected chi connectivity index (χ0v) is 11.9. The van der Waals surface area contributed by atoms with Crippen LogP contribution in [0.2, 0.25) is 0 Å². The van der Waals surface area contributed by atoms with E-state index in [1.54, 1.807) is 18.0 Å². The minimum absolute atomic E-state index is 0.316. The summed E-state index contributed by atoms with van der Waals surface area (Å²) in [5, 5.41) is -0.481. The van der Waals surface area contributed by atoms with Crippen molar-refractivity contribution in [2.75, 3.05) is 29.2 Å². The van der Waals surface area contributed by atoms with E-state index in [9.17, 15) is 8.42 Å². The molecule has 2 heterocycles. The fourth-order valence-electron chi connectivity index (χ4n) is 2.06. The van der Waals surface area contributed by atoms with E-state index >= 15 is 0 Å². The Labute approximate surface area is 112 Å². The standard InChI is InChI=1S/C11H17N3O2S2/c1-18(15,16)11-8-17-6-5-14(11)10-3-2-4-13-9(10)7-12/h2-4,11H,5-8,12H2,1H3. The second-order valence-electron chi connectivity index (χ2n) is 4.23. The highest BCUT2D eigenvalue weighted by Gasteiger charge is 2.32. The highest BCUT2D eigenvalue weighted by molar-refractivity contribution is 8.01. The summed E-state index contributed by atoms with van der Waals surface area (Å²) in [7, 11) is -3.11. The number of nitrogens with zero attached hydrogens (tertiary/aromatic N) is 2. The lowest BCUT2D eigenvalue weighted by Gasteiger charge is -2.36. The van der Waals surface area contributed by atoms with E-state index < -0.39 is 15.2 Å². The second kappa shape index (κ2) is 5.46. The molecule has 1 aromatic heterocycles. The Morgan fingerprint density at radius 3 is 3.06 bits per heavy atom. The monoisotopic (exact) mass is 287 g/mol. The maximum atomic E-state index is 11.9. The number of hydrogen-bond donors (Lipinski definition) is 1. The molecule has 7 heteroatoms. The second-order valence-corrected chi connectivity index (χ2v) is 7.58. The molecule has 0 amide bonds. The lowest BCUT2D eigenvalue weighted by Crippen LogP contribution is -2.47. The first-order valence-corrected chi connectivity index (χ1v) is 8.82. The molecular formula is C11H17N3O2S2. The highest BCUT2D eigenvalue weighted by Crippen LogP contribution is 2.28. The summed E-state index contributed by atoms with van der Waals surface area (Å²) in [5.74, 6) is 1.52. The van der Waals surface area contributed by atoms with Gasteiger partial charge in [0.05, 0.1) is 11.4 Å². The molecule has 0 aliphatic carbocycles. The van der Waals surface area contributed by atoms with Crippen molar-refractivity contribution < 1.29 is 8.42 Å². The van der Waals surface area contributed by atoms with E-state index in [0.717, 1.165) is 17.1 Å². The van der Waals surface area contributed by atoms with Crippen LogP contribution in [0.1, 0.15) is 5.69 Å². The molecule has 1 saturated heterocycles. The predicted octanol–water partition coefficient (Wildman–Crippen LogP) is 0.464. The number of sulfone groups is 1. The van der Waals surface area contributed by atoms with Crippen molar-refractivity contribution in [3.8, 4) is 0 Å². The quantitative estimate of drug-likeness (QED) is 0.870. The van der Waals surface area contributed by atoms with Crippen molar-refractivity contribution >= 4 is 27.3 Å². The topological polar surface area (TPSA) is 76.3 Å². The van der Waals surface area contributed by atoms with Gasteiger partial charge in [0.1, 0.15) is 5.37 Å². The Balaban J connectivity index is 2.40. The fraction of sp³-hybridized carbons (Fsp3) is 0.545. The molecule has 100 valence electrons. The molecule has 1 aliphatic heterocycles. The van der Waals surface area contributed by atoms with Gasteiger partial charge in [0.2, 0.25) is 0 Å². The molecule has 0 aromatic carbocycles. The summed E-state index contributed by atoms with van der Waals surface area (Å²) in [4.78, 5) is 6.14. The van der Waals surface area contributed by atoms with Crippen molar-refractivity contribution in [2.45, 2.75) is 11.9 Å². The van der Waals surface area contributed by atoms with Crippen LogP contribution in [0.5, 0.6) is 0 Å². The SMILES string of the molecule is CS(=O)(=O)C1CSCCN1c1cccnc1CN. The van der Waals surface area contributed by atoms with Gasteiger partial charge < -0.3 is 10.6 Å². The van der Waals surface area contributed by atoms with Gasteiger partial charge in [0.15, 0.2) is 9.84 Å². The van der Waals surface area contributed by atoms with Crippen molar-refractivity contribution in [1.29, 1.82) is 0 Å². The van der Waals surface area contributed by atoms with E-state index in [-0.39, 0.29) is 0 Å². The first-order chi connectivity index (χ1) is 8.54. The lowest BCUT2D eigenvalue weighted by molar-refractivity contribution is 0.584. The summed E-state index contributed by atoms with van der Waals surface area (Å²) in [6.07, 6.45) is 2.97. The smallest absolute Gasteiger partial charge is 0.169 e. The normalized spacial score (nSPS) is 21.0. The molecule has 18 heavy (non-hydrogen) atoms. The predicted molar refractivity (Wildman–Crippen MR) is 75.4 cm³/mol. The highest BCUT2D eigenvalue weighted by atomic mass is 32.2. The minimum atomic E-state index is -3.11. The number of hydrogen-bond acceptors (Lipinski definition) is 6. The van der Waals surface area contributed by atoms with Gasteiger partial charge in [-0.05, 0) is 12.1 Å². The zero-order valence-electron chi connectivity index (χ0n) is 10.2. The van der Waals surface area contributed by atoms with Gasteiger partial charge in [-0.15, -0.1) is 0 Å². The molecule has 2 N–H and O–H groups in total. The number of nitrogens with two attached hydrogens (primary N) is 1. The first kappa shape index (κ1) is 13.6. The van der Waals surface area contributed by atoms with Crippen LogP contribution in [0.15, 0.2) is 18.3 Å². The molecule has 1 aliphatic rings. The van der Waals surface area contributed by atoms with Gasteiger partial charge in [0, 0.05) is 37.0 Å². The molecule has 5 nitrogen and oxygen atoms in total. The van der Waals surface area contributed by atoms with Gasteiger partial charge in [-0.2, -0.15) is 11.8 Å². The zero-order chi connectivity index (χ0) is 13.2. The molecule has 0 spiro atoms. The number of anilines is 1. The van der Waals surface area contributed by atoms with Crippen LogP contribution in [0.25, 0.3) is 0 Å². The van der Waals surface area contributed by atoms with Gasteiger partial charge >= 0.3 is 0 Å². The number of pyridine rings is 1. The molecule has 1 fully saturated rings. The fourth-order valence-corrected chi connectivity index (χ4v) is 4.89. The third kappa shape index (κ3) is 2.78. The molecule has 0 radical (unpaired) electrons. The van der Waals surface area contributed by atoms with Crippen molar-refractivity contribution in [1.82, 2.24) is 4.98 Å². The van der Waals surface area contributed by atoms with Crippen molar-refractivity contribution in [3.05, 3.63) is 24.0 Å². The average Bonchev–Trinajstić information content (AvgIpc) is 2.37. The summed E-state index contributed by atoms with van der Waals surface area (Å²) in [5.41, 5.74) is 7.26. The minimum Gasteiger partial charge on any atom is -0.352 e. The average molecular weight is 287 g/mol. The molecule has 2 rings (SSSR count). The molecule has 0 saturated carbocycles. The Kier molecular flexibility index (Phi) is 4.14. The number of thioether (sulfide) groups is 1. The van der Waals surface area contributed by atoms with E-state index in [0.29, 0.717) is 18.8 Å². The number of rotatable bonds is 3. The van der Waals surface area contributed by atoms with Crippen LogP contribution in [-0.4, -0.2) is 43.1 Å².